The minimum atomic E-state index is -0.353. The van der Waals surface area contributed by atoms with E-state index < -0.39 is 0 Å². The van der Waals surface area contributed by atoms with Crippen molar-refractivity contribution in [3.8, 4) is 0 Å². The Hall–Kier alpha value is -2.64. The molecule has 0 atom stereocenters. The monoisotopic (exact) mass is 396 g/mol. The van der Waals surface area contributed by atoms with E-state index in [0.717, 1.165) is 31.6 Å². The maximum Gasteiger partial charge on any atom is 0.339 e. The fourth-order valence-corrected chi connectivity index (χ4v) is 4.39. The molecular weight excluding hydrogens is 380 g/mol. The number of para-hydroxylation sites is 1. The fourth-order valence-electron chi connectivity index (χ4n) is 2.59. The van der Waals surface area contributed by atoms with Gasteiger partial charge in [0.2, 0.25) is 0 Å². The number of hydrogen-bond acceptors (Lipinski definition) is 7. The molecule has 0 saturated heterocycles. The summed E-state index contributed by atoms with van der Waals surface area (Å²) in [5, 5.41) is 4.77. The summed E-state index contributed by atoms with van der Waals surface area (Å²) in [6, 6.07) is 17.2. The number of fused-ring (bicyclic) bond motifs is 1. The summed E-state index contributed by atoms with van der Waals surface area (Å²) in [6.07, 6.45) is 0. The molecule has 0 aliphatic carbocycles. The molecule has 2 heterocycles. The number of thiazole rings is 1. The standard InChI is InChI=1S/C20H16N2O3S2/c1-13-10-14(22-25-13)12-26-17-8-4-2-6-15(17)20(23)24-11-19-21-16-7-3-5-9-18(16)27-19/h2-10H,11-12H2,1H3. The van der Waals surface area contributed by atoms with E-state index in [1.54, 1.807) is 6.07 Å². The molecule has 7 heteroatoms. The zero-order valence-corrected chi connectivity index (χ0v) is 16.2. The predicted octanol–water partition coefficient (Wildman–Crippen LogP) is 5.24. The van der Waals surface area contributed by atoms with E-state index in [0.29, 0.717) is 11.3 Å². The van der Waals surface area contributed by atoms with Crippen molar-refractivity contribution in [3.05, 3.63) is 76.6 Å². The second-order valence-corrected chi connectivity index (χ2v) is 8.00. The summed E-state index contributed by atoms with van der Waals surface area (Å²) >= 11 is 3.07. The van der Waals surface area contributed by atoms with E-state index in [4.69, 9.17) is 9.26 Å². The number of carbonyl (C=O) groups excluding carboxylic acids is 1. The van der Waals surface area contributed by atoms with Gasteiger partial charge in [-0.25, -0.2) is 9.78 Å². The lowest BCUT2D eigenvalue weighted by atomic mass is 10.2. The molecule has 0 spiro atoms. The highest BCUT2D eigenvalue weighted by atomic mass is 32.2. The summed E-state index contributed by atoms with van der Waals surface area (Å²) in [5.41, 5.74) is 2.31. The van der Waals surface area contributed by atoms with Crippen LogP contribution in [0.4, 0.5) is 0 Å². The lowest BCUT2D eigenvalue weighted by Crippen LogP contribution is -2.06. The third kappa shape index (κ3) is 4.20. The van der Waals surface area contributed by atoms with E-state index in [2.05, 4.69) is 10.1 Å². The Labute approximate surface area is 164 Å². The zero-order chi connectivity index (χ0) is 18.6. The van der Waals surface area contributed by atoms with Crippen LogP contribution in [0.1, 0.15) is 26.8 Å². The highest BCUT2D eigenvalue weighted by Crippen LogP contribution is 2.27. The van der Waals surface area contributed by atoms with E-state index in [1.165, 1.54) is 23.1 Å². The van der Waals surface area contributed by atoms with Crippen LogP contribution in [0.25, 0.3) is 10.2 Å². The number of aryl methyl sites for hydroxylation is 1. The van der Waals surface area contributed by atoms with Crippen LogP contribution in [0.2, 0.25) is 0 Å². The quantitative estimate of drug-likeness (QED) is 0.328. The van der Waals surface area contributed by atoms with Gasteiger partial charge in [0.05, 0.1) is 21.5 Å². The van der Waals surface area contributed by atoms with Gasteiger partial charge >= 0.3 is 5.97 Å². The van der Waals surface area contributed by atoms with Crippen LogP contribution in [-0.2, 0) is 17.1 Å². The van der Waals surface area contributed by atoms with Gasteiger partial charge in [-0.2, -0.15) is 0 Å². The minimum absolute atomic E-state index is 0.166. The van der Waals surface area contributed by atoms with Crippen LogP contribution in [0.3, 0.4) is 0 Å². The summed E-state index contributed by atoms with van der Waals surface area (Å²) < 4.78 is 11.7. The molecule has 4 rings (SSSR count). The molecule has 0 amide bonds. The first-order valence-electron chi connectivity index (χ1n) is 8.34. The van der Waals surface area contributed by atoms with Crippen molar-refractivity contribution < 1.29 is 14.1 Å². The minimum Gasteiger partial charge on any atom is -0.455 e. The van der Waals surface area contributed by atoms with Crippen LogP contribution in [0.5, 0.6) is 0 Å². The summed E-state index contributed by atoms with van der Waals surface area (Å²) in [5.74, 6) is 1.04. The van der Waals surface area contributed by atoms with Gasteiger partial charge in [0.1, 0.15) is 17.4 Å². The van der Waals surface area contributed by atoms with Crippen molar-refractivity contribution >= 4 is 39.3 Å². The highest BCUT2D eigenvalue weighted by Gasteiger charge is 2.15. The summed E-state index contributed by atoms with van der Waals surface area (Å²) in [4.78, 5) is 17.9. The van der Waals surface area contributed by atoms with Crippen molar-refractivity contribution in [1.82, 2.24) is 10.1 Å². The number of ether oxygens (including phenoxy) is 1. The van der Waals surface area contributed by atoms with Crippen molar-refractivity contribution in [1.29, 1.82) is 0 Å². The summed E-state index contributed by atoms with van der Waals surface area (Å²) in [7, 11) is 0. The molecule has 0 aliphatic heterocycles. The molecule has 0 bridgehead atoms. The Balaban J connectivity index is 1.43. The van der Waals surface area contributed by atoms with Crippen molar-refractivity contribution in [2.24, 2.45) is 0 Å². The molecule has 2 aromatic heterocycles. The molecular formula is C20H16N2O3S2. The largest absolute Gasteiger partial charge is 0.455 e. The lowest BCUT2D eigenvalue weighted by Gasteiger charge is -2.08. The number of nitrogens with zero attached hydrogens (tertiary/aromatic N) is 2. The van der Waals surface area contributed by atoms with Gasteiger partial charge in [-0.15, -0.1) is 23.1 Å². The molecule has 0 saturated carbocycles. The van der Waals surface area contributed by atoms with Gasteiger partial charge in [-0.05, 0) is 31.2 Å². The molecule has 0 radical (unpaired) electrons. The molecule has 2 aromatic carbocycles. The topological polar surface area (TPSA) is 65.2 Å². The van der Waals surface area contributed by atoms with Crippen LogP contribution < -0.4 is 0 Å². The van der Waals surface area contributed by atoms with E-state index in [9.17, 15) is 4.79 Å². The molecule has 0 unspecified atom stereocenters. The SMILES string of the molecule is Cc1cc(CSc2ccccc2C(=O)OCc2nc3ccccc3s2)no1. The second-order valence-electron chi connectivity index (χ2n) is 5.87. The van der Waals surface area contributed by atoms with Crippen LogP contribution in [0, 0.1) is 6.92 Å². The maximum absolute atomic E-state index is 12.6. The van der Waals surface area contributed by atoms with E-state index in [-0.39, 0.29) is 12.6 Å². The number of rotatable bonds is 6. The molecule has 4 aromatic rings. The van der Waals surface area contributed by atoms with E-state index >= 15 is 0 Å². The van der Waals surface area contributed by atoms with Crippen LogP contribution in [0.15, 0.2) is 64.0 Å². The number of thioether (sulfide) groups is 1. The molecule has 27 heavy (non-hydrogen) atoms. The Kier molecular flexibility index (Phi) is 5.22. The molecule has 136 valence electrons. The number of aromatic nitrogens is 2. The highest BCUT2D eigenvalue weighted by molar-refractivity contribution is 7.98. The average Bonchev–Trinajstić information content (AvgIpc) is 3.30. The van der Waals surface area contributed by atoms with Gasteiger partial charge in [-0.1, -0.05) is 29.4 Å². The second kappa shape index (κ2) is 7.94. The smallest absolute Gasteiger partial charge is 0.339 e. The first kappa shape index (κ1) is 17.8. The Morgan fingerprint density at radius 1 is 1.19 bits per heavy atom. The zero-order valence-electron chi connectivity index (χ0n) is 14.5. The number of hydrogen-bond donors (Lipinski definition) is 0. The molecule has 0 fully saturated rings. The van der Waals surface area contributed by atoms with Crippen LogP contribution in [-0.4, -0.2) is 16.1 Å². The fraction of sp³-hybridized carbons (Fsp3) is 0.150. The number of benzene rings is 2. The molecule has 5 nitrogen and oxygen atoms in total. The van der Waals surface area contributed by atoms with Crippen molar-refractivity contribution in [2.45, 2.75) is 24.2 Å². The first-order valence-corrected chi connectivity index (χ1v) is 10.1. The van der Waals surface area contributed by atoms with Gasteiger partial charge in [-0.3, -0.25) is 0 Å². The van der Waals surface area contributed by atoms with Gasteiger partial charge in [0, 0.05) is 16.7 Å². The Morgan fingerprint density at radius 2 is 2.00 bits per heavy atom. The molecule has 0 aliphatic rings. The lowest BCUT2D eigenvalue weighted by molar-refractivity contribution is 0.0468. The maximum atomic E-state index is 12.6. The molecule has 0 N–H and O–H groups in total. The number of esters is 1. The average molecular weight is 396 g/mol. The van der Waals surface area contributed by atoms with Gasteiger partial charge in [0.15, 0.2) is 0 Å². The van der Waals surface area contributed by atoms with Gasteiger partial charge in [0.25, 0.3) is 0 Å². The number of carbonyl (C=O) groups is 1. The van der Waals surface area contributed by atoms with Crippen LogP contribution >= 0.6 is 23.1 Å². The third-order valence-corrected chi connectivity index (χ3v) is 5.94. The first-order chi connectivity index (χ1) is 13.2. The summed E-state index contributed by atoms with van der Waals surface area (Å²) in [6.45, 7) is 2.02. The Morgan fingerprint density at radius 3 is 2.81 bits per heavy atom. The van der Waals surface area contributed by atoms with Gasteiger partial charge < -0.3 is 9.26 Å². The van der Waals surface area contributed by atoms with Crippen molar-refractivity contribution in [2.75, 3.05) is 0 Å². The normalized spacial score (nSPS) is 11.0. The van der Waals surface area contributed by atoms with Crippen molar-refractivity contribution in [3.63, 3.8) is 0 Å². The predicted molar refractivity (Wildman–Crippen MR) is 106 cm³/mol. The Bertz CT molecular complexity index is 1050. The third-order valence-electron chi connectivity index (χ3n) is 3.82. The van der Waals surface area contributed by atoms with E-state index in [1.807, 2.05) is 55.5 Å².